The van der Waals surface area contributed by atoms with Gasteiger partial charge in [-0.05, 0) is 31.2 Å². The molecule has 1 aliphatic rings. The number of likely N-dealkylation sites (N-methyl/N-ethyl adjacent to an activating group) is 1. The molecule has 0 aromatic heterocycles. The average Bonchev–Trinajstić information content (AvgIpc) is 2.53. The normalized spacial score (nSPS) is 24.2. The molecule has 4 nitrogen and oxygen atoms in total. The van der Waals surface area contributed by atoms with Gasteiger partial charge in [-0.3, -0.25) is 0 Å². The monoisotopic (exact) mass is 307 g/mol. The smallest absolute Gasteiger partial charge is 0.175 e. The van der Waals surface area contributed by atoms with Crippen LogP contribution in [0.3, 0.4) is 0 Å². The van der Waals surface area contributed by atoms with Crippen molar-refractivity contribution in [1.82, 2.24) is 4.90 Å². The van der Waals surface area contributed by atoms with Gasteiger partial charge in [0.05, 0.1) is 7.11 Å². The van der Waals surface area contributed by atoms with Crippen molar-refractivity contribution < 1.29 is 14.2 Å². The van der Waals surface area contributed by atoms with Gasteiger partial charge in [0.2, 0.25) is 0 Å². The lowest BCUT2D eigenvalue weighted by atomic mass is 9.69. The number of nitrogens with zero attached hydrogens (tertiary/aromatic N) is 1. The molecule has 2 rings (SSSR count). The molecule has 124 valence electrons. The second-order valence-corrected chi connectivity index (χ2v) is 6.68. The Morgan fingerprint density at radius 3 is 2.18 bits per heavy atom. The zero-order chi connectivity index (χ0) is 16.4. The third kappa shape index (κ3) is 2.87. The Balaban J connectivity index is 2.26. The molecular weight excluding hydrogens is 278 g/mol. The Bertz CT molecular complexity index is 480. The van der Waals surface area contributed by atoms with E-state index < -0.39 is 5.79 Å². The van der Waals surface area contributed by atoms with Crippen LogP contribution < -0.4 is 4.74 Å². The van der Waals surface area contributed by atoms with E-state index in [0.29, 0.717) is 6.04 Å². The van der Waals surface area contributed by atoms with Crippen molar-refractivity contribution in [2.24, 2.45) is 5.41 Å². The van der Waals surface area contributed by atoms with E-state index in [1.165, 1.54) is 5.56 Å². The quantitative estimate of drug-likeness (QED) is 0.783. The summed E-state index contributed by atoms with van der Waals surface area (Å²) in [6.45, 7) is 5.44. The summed E-state index contributed by atoms with van der Waals surface area (Å²) in [5.74, 6) is 0.361. The zero-order valence-corrected chi connectivity index (χ0v) is 14.7. The third-order valence-electron chi connectivity index (χ3n) is 5.39. The first kappa shape index (κ1) is 17.3. The molecule has 1 atom stereocenters. The second kappa shape index (κ2) is 6.57. The fourth-order valence-electron chi connectivity index (χ4n) is 3.82. The summed E-state index contributed by atoms with van der Waals surface area (Å²) >= 11 is 0. The van der Waals surface area contributed by atoms with Crippen LogP contribution >= 0.6 is 0 Å². The van der Waals surface area contributed by atoms with Gasteiger partial charge in [0.25, 0.3) is 0 Å². The van der Waals surface area contributed by atoms with Crippen molar-refractivity contribution >= 4 is 0 Å². The van der Waals surface area contributed by atoms with Gasteiger partial charge in [-0.15, -0.1) is 0 Å². The van der Waals surface area contributed by atoms with Gasteiger partial charge >= 0.3 is 0 Å². The van der Waals surface area contributed by atoms with Crippen LogP contribution in [0, 0.1) is 5.41 Å². The van der Waals surface area contributed by atoms with Crippen LogP contribution in [0.5, 0.6) is 5.75 Å². The summed E-state index contributed by atoms with van der Waals surface area (Å²) in [6.07, 6.45) is 1.84. The van der Waals surface area contributed by atoms with Crippen LogP contribution in [0.25, 0.3) is 0 Å². The Labute approximate surface area is 134 Å². The molecule has 0 spiro atoms. The molecule has 22 heavy (non-hydrogen) atoms. The number of piperidine rings is 1. The number of likely N-dealkylation sites (tertiary alicyclic amines) is 1. The van der Waals surface area contributed by atoms with Crippen LogP contribution in [0.15, 0.2) is 24.3 Å². The number of hydrogen-bond acceptors (Lipinski definition) is 4. The average molecular weight is 307 g/mol. The molecule has 1 unspecified atom stereocenters. The molecule has 0 radical (unpaired) electrons. The summed E-state index contributed by atoms with van der Waals surface area (Å²) in [6, 6.07) is 8.66. The van der Waals surface area contributed by atoms with Crippen LogP contribution in [0.4, 0.5) is 0 Å². The van der Waals surface area contributed by atoms with E-state index in [9.17, 15) is 0 Å². The fourth-order valence-corrected chi connectivity index (χ4v) is 3.82. The summed E-state index contributed by atoms with van der Waals surface area (Å²) in [7, 11) is 7.38. The Hall–Kier alpha value is -1.10. The molecule has 0 N–H and O–H groups in total. The van der Waals surface area contributed by atoms with Gasteiger partial charge in [0, 0.05) is 38.6 Å². The second-order valence-electron chi connectivity index (χ2n) is 6.68. The predicted molar refractivity (Wildman–Crippen MR) is 88.3 cm³/mol. The molecule has 1 aromatic rings. The van der Waals surface area contributed by atoms with Gasteiger partial charge in [0.1, 0.15) is 5.75 Å². The highest BCUT2D eigenvalue weighted by Gasteiger charge is 2.54. The summed E-state index contributed by atoms with van der Waals surface area (Å²) in [4.78, 5) is 2.42. The van der Waals surface area contributed by atoms with E-state index in [1.807, 2.05) is 12.1 Å². The number of methoxy groups -OCH3 is 3. The van der Waals surface area contributed by atoms with Gasteiger partial charge in [-0.25, -0.2) is 0 Å². The lowest BCUT2D eigenvalue weighted by Crippen LogP contribution is -2.64. The summed E-state index contributed by atoms with van der Waals surface area (Å²) in [5.41, 5.74) is 1.18. The van der Waals surface area contributed by atoms with Gasteiger partial charge in [-0.1, -0.05) is 26.0 Å². The molecule has 1 aliphatic heterocycles. The number of rotatable bonds is 5. The van der Waals surface area contributed by atoms with E-state index in [0.717, 1.165) is 25.1 Å². The van der Waals surface area contributed by atoms with E-state index in [4.69, 9.17) is 14.2 Å². The minimum absolute atomic E-state index is 0.122. The first-order valence-corrected chi connectivity index (χ1v) is 7.83. The van der Waals surface area contributed by atoms with Crippen molar-refractivity contribution in [2.45, 2.75) is 38.5 Å². The molecule has 1 saturated heterocycles. The minimum atomic E-state index is -0.531. The van der Waals surface area contributed by atoms with Crippen LogP contribution in [0.2, 0.25) is 0 Å². The summed E-state index contributed by atoms with van der Waals surface area (Å²) in [5, 5.41) is 0. The van der Waals surface area contributed by atoms with Crippen LogP contribution in [-0.2, 0) is 15.9 Å². The molecule has 0 bridgehead atoms. The number of hydrogen-bond donors (Lipinski definition) is 0. The Kier molecular flexibility index (Phi) is 5.15. The molecule has 4 heteroatoms. The number of benzene rings is 1. The van der Waals surface area contributed by atoms with Gasteiger partial charge < -0.3 is 19.1 Å². The fraction of sp³-hybridized carbons (Fsp3) is 0.667. The third-order valence-corrected chi connectivity index (χ3v) is 5.39. The molecule has 0 saturated carbocycles. The lowest BCUT2D eigenvalue weighted by Gasteiger charge is -2.55. The molecular formula is C18H29NO3. The van der Waals surface area contributed by atoms with Gasteiger partial charge in [-0.2, -0.15) is 0 Å². The topological polar surface area (TPSA) is 30.9 Å². The first-order chi connectivity index (χ1) is 10.4. The van der Waals surface area contributed by atoms with E-state index in [-0.39, 0.29) is 5.41 Å². The summed E-state index contributed by atoms with van der Waals surface area (Å²) < 4.78 is 16.9. The van der Waals surface area contributed by atoms with Crippen molar-refractivity contribution in [3.8, 4) is 5.75 Å². The first-order valence-electron chi connectivity index (χ1n) is 7.83. The zero-order valence-electron chi connectivity index (χ0n) is 14.7. The number of ether oxygens (including phenoxy) is 3. The van der Waals surface area contributed by atoms with Crippen molar-refractivity contribution in [3.05, 3.63) is 29.8 Å². The van der Waals surface area contributed by atoms with Crippen molar-refractivity contribution in [3.63, 3.8) is 0 Å². The molecule has 0 aliphatic carbocycles. The lowest BCUT2D eigenvalue weighted by molar-refractivity contribution is -0.301. The van der Waals surface area contributed by atoms with Crippen molar-refractivity contribution in [1.29, 1.82) is 0 Å². The van der Waals surface area contributed by atoms with E-state index in [1.54, 1.807) is 21.3 Å². The maximum absolute atomic E-state index is 5.83. The highest BCUT2D eigenvalue weighted by molar-refractivity contribution is 5.28. The van der Waals surface area contributed by atoms with Crippen LogP contribution in [0.1, 0.15) is 25.8 Å². The van der Waals surface area contributed by atoms with Crippen LogP contribution in [-0.4, -0.2) is 51.7 Å². The Morgan fingerprint density at radius 1 is 1.09 bits per heavy atom. The maximum Gasteiger partial charge on any atom is 0.175 e. The standard InChI is InChI=1S/C18H29NO3/c1-17(2)16(13-14-7-9-15(20-4)10-8-14)19(3)12-11-18(17,21-5)22-6/h7-10,16H,11-13H2,1-6H3. The highest BCUT2D eigenvalue weighted by atomic mass is 16.7. The highest BCUT2D eigenvalue weighted by Crippen LogP contribution is 2.46. The van der Waals surface area contributed by atoms with Crippen molar-refractivity contribution in [2.75, 3.05) is 34.9 Å². The largest absolute Gasteiger partial charge is 0.497 e. The Morgan fingerprint density at radius 2 is 1.68 bits per heavy atom. The molecule has 0 amide bonds. The molecule has 1 heterocycles. The van der Waals surface area contributed by atoms with Gasteiger partial charge in [0.15, 0.2) is 5.79 Å². The minimum Gasteiger partial charge on any atom is -0.497 e. The van der Waals surface area contributed by atoms with E-state index >= 15 is 0 Å². The predicted octanol–water partition coefficient (Wildman–Crippen LogP) is 2.96. The van der Waals surface area contributed by atoms with E-state index in [2.05, 4.69) is 37.9 Å². The molecule has 1 aromatic carbocycles. The maximum atomic E-state index is 5.83. The SMILES string of the molecule is COc1ccc(CC2N(C)CCC(OC)(OC)C2(C)C)cc1. The molecule has 1 fully saturated rings.